The van der Waals surface area contributed by atoms with Crippen LogP contribution in [0.15, 0.2) is 0 Å². The molecule has 0 amide bonds. The minimum Gasteiger partial charge on any atom is -0.179 e. The summed E-state index contributed by atoms with van der Waals surface area (Å²) in [6.45, 7) is 7.10. The van der Waals surface area contributed by atoms with Crippen molar-refractivity contribution in [2.24, 2.45) is 29.6 Å². The van der Waals surface area contributed by atoms with Crippen LogP contribution in [0.2, 0.25) is 0 Å². The molecule has 0 spiro atoms. The maximum absolute atomic E-state index is 4.59. The van der Waals surface area contributed by atoms with Gasteiger partial charge in [0.1, 0.15) is 0 Å². The van der Waals surface area contributed by atoms with Gasteiger partial charge in [-0.15, -0.1) is 0 Å². The van der Waals surface area contributed by atoms with Crippen LogP contribution in [0, 0.1) is 29.6 Å². The van der Waals surface area contributed by atoms with Crippen molar-refractivity contribution in [2.75, 3.05) is 23.0 Å². The molecule has 0 rings (SSSR count). The van der Waals surface area contributed by atoms with Gasteiger partial charge in [-0.3, -0.25) is 0 Å². The zero-order valence-corrected chi connectivity index (χ0v) is 16.9. The first-order chi connectivity index (χ1) is 9.49. The van der Waals surface area contributed by atoms with E-state index in [4.69, 9.17) is 0 Å². The van der Waals surface area contributed by atoms with E-state index in [1.54, 1.807) is 0 Å². The van der Waals surface area contributed by atoms with E-state index in [2.05, 4.69) is 71.3 Å². The molecule has 0 aliphatic heterocycles. The maximum atomic E-state index is 4.59. The Morgan fingerprint density at radius 1 is 0.650 bits per heavy atom. The average molecular weight is 355 g/mol. The topological polar surface area (TPSA) is 0 Å². The van der Waals surface area contributed by atoms with Gasteiger partial charge in [-0.25, -0.2) is 0 Å². The highest BCUT2D eigenvalue weighted by Crippen LogP contribution is 2.32. The quantitative estimate of drug-likeness (QED) is 0.331. The van der Waals surface area contributed by atoms with Crippen molar-refractivity contribution < 1.29 is 0 Å². The second kappa shape index (κ2) is 12.9. The van der Waals surface area contributed by atoms with Crippen molar-refractivity contribution in [3.63, 3.8) is 0 Å². The molecule has 0 saturated carbocycles. The van der Waals surface area contributed by atoms with Crippen LogP contribution in [0.25, 0.3) is 0 Å². The average Bonchev–Trinajstić information content (AvgIpc) is 2.42. The molecule has 20 heavy (non-hydrogen) atoms. The standard InChI is InChI=1S/C16H34S4/c1-12(4-6-17)8-15(10-19)14(3)9-16(11-20)13(2)5-7-18/h12-20H,4-11H2,1-3H3. The summed E-state index contributed by atoms with van der Waals surface area (Å²) in [5, 5.41) is 0. The van der Waals surface area contributed by atoms with Crippen LogP contribution in [0.4, 0.5) is 0 Å². The van der Waals surface area contributed by atoms with Gasteiger partial charge in [0, 0.05) is 0 Å². The largest absolute Gasteiger partial charge is 0.179 e. The highest BCUT2D eigenvalue weighted by atomic mass is 32.1. The van der Waals surface area contributed by atoms with Gasteiger partial charge < -0.3 is 0 Å². The van der Waals surface area contributed by atoms with Gasteiger partial charge in [-0.1, -0.05) is 20.8 Å². The van der Waals surface area contributed by atoms with Gasteiger partial charge in [-0.2, -0.15) is 50.5 Å². The zero-order chi connectivity index (χ0) is 15.5. The number of hydrogen-bond acceptors (Lipinski definition) is 4. The van der Waals surface area contributed by atoms with Crippen molar-refractivity contribution >= 4 is 50.5 Å². The zero-order valence-electron chi connectivity index (χ0n) is 13.3. The first-order valence-electron chi connectivity index (χ1n) is 7.93. The first-order valence-corrected chi connectivity index (χ1v) is 10.5. The van der Waals surface area contributed by atoms with E-state index in [1.807, 2.05) is 0 Å². The van der Waals surface area contributed by atoms with Gasteiger partial charge in [-0.05, 0) is 78.3 Å². The molecule has 122 valence electrons. The second-order valence-electron chi connectivity index (χ2n) is 6.44. The van der Waals surface area contributed by atoms with E-state index in [0.717, 1.165) is 46.7 Å². The summed E-state index contributed by atoms with van der Waals surface area (Å²) in [5.74, 6) is 7.61. The molecule has 5 unspecified atom stereocenters. The van der Waals surface area contributed by atoms with Crippen molar-refractivity contribution in [2.45, 2.75) is 46.5 Å². The van der Waals surface area contributed by atoms with Crippen molar-refractivity contribution in [1.82, 2.24) is 0 Å². The van der Waals surface area contributed by atoms with E-state index in [0.29, 0.717) is 5.92 Å². The van der Waals surface area contributed by atoms with Gasteiger partial charge in [0.2, 0.25) is 0 Å². The third-order valence-corrected chi connectivity index (χ3v) is 6.12. The second-order valence-corrected chi connectivity index (χ2v) is 8.07. The van der Waals surface area contributed by atoms with Crippen LogP contribution in [-0.2, 0) is 0 Å². The molecule has 0 fully saturated rings. The smallest absolute Gasteiger partial charge is 0.00668 e. The van der Waals surface area contributed by atoms with Crippen LogP contribution < -0.4 is 0 Å². The Bertz CT molecular complexity index is 223. The SMILES string of the molecule is CC(CCS)CC(CS)C(C)CC(CS)C(C)CCS. The Morgan fingerprint density at radius 3 is 1.60 bits per heavy atom. The molecule has 4 heteroatoms. The lowest BCUT2D eigenvalue weighted by molar-refractivity contribution is 0.240. The highest BCUT2D eigenvalue weighted by Gasteiger charge is 2.24. The summed E-state index contributed by atoms with van der Waals surface area (Å²) in [5.41, 5.74) is 0. The lowest BCUT2D eigenvalue weighted by atomic mass is 9.78. The van der Waals surface area contributed by atoms with E-state index >= 15 is 0 Å². The first kappa shape index (κ1) is 21.4. The lowest BCUT2D eigenvalue weighted by Crippen LogP contribution is -2.24. The molecule has 0 aromatic carbocycles. The molecule has 0 aromatic rings. The Hall–Kier alpha value is 1.40. The van der Waals surface area contributed by atoms with Gasteiger partial charge >= 0.3 is 0 Å². The minimum absolute atomic E-state index is 0.711. The maximum Gasteiger partial charge on any atom is -0.00668 e. The summed E-state index contributed by atoms with van der Waals surface area (Å²) in [6, 6.07) is 0. The summed E-state index contributed by atoms with van der Waals surface area (Å²) in [4.78, 5) is 0. The molecule has 0 heterocycles. The van der Waals surface area contributed by atoms with Crippen molar-refractivity contribution in [1.29, 1.82) is 0 Å². The predicted octanol–water partition coefficient (Wildman–Crippen LogP) is 5.41. The Balaban J connectivity index is 4.39. The van der Waals surface area contributed by atoms with Gasteiger partial charge in [0.25, 0.3) is 0 Å². The number of thiol groups is 4. The third-order valence-electron chi connectivity index (χ3n) is 4.66. The molecular formula is C16H34S4. The lowest BCUT2D eigenvalue weighted by Gasteiger charge is -2.30. The molecule has 0 bridgehead atoms. The fourth-order valence-electron chi connectivity index (χ4n) is 2.94. The monoisotopic (exact) mass is 354 g/mol. The molecule has 0 aliphatic carbocycles. The molecule has 0 N–H and O–H groups in total. The summed E-state index contributed by atoms with van der Waals surface area (Å²) < 4.78 is 0. The number of rotatable bonds is 12. The van der Waals surface area contributed by atoms with Gasteiger partial charge in [0.05, 0.1) is 0 Å². The van der Waals surface area contributed by atoms with E-state index in [1.165, 1.54) is 25.7 Å². The van der Waals surface area contributed by atoms with Crippen LogP contribution >= 0.6 is 50.5 Å². The van der Waals surface area contributed by atoms with Crippen LogP contribution in [0.1, 0.15) is 46.5 Å². The third kappa shape index (κ3) is 8.75. The fourth-order valence-corrected chi connectivity index (χ4v) is 4.80. The minimum atomic E-state index is 0.711. The van der Waals surface area contributed by atoms with Gasteiger partial charge in [0.15, 0.2) is 0 Å². The molecule has 0 aromatic heterocycles. The van der Waals surface area contributed by atoms with E-state index in [-0.39, 0.29) is 0 Å². The highest BCUT2D eigenvalue weighted by molar-refractivity contribution is 7.80. The predicted molar refractivity (Wildman–Crippen MR) is 108 cm³/mol. The Morgan fingerprint density at radius 2 is 1.15 bits per heavy atom. The summed E-state index contributed by atoms with van der Waals surface area (Å²) in [6.07, 6.45) is 4.97. The van der Waals surface area contributed by atoms with Crippen LogP contribution in [0.3, 0.4) is 0 Å². The van der Waals surface area contributed by atoms with Crippen molar-refractivity contribution in [3.8, 4) is 0 Å². The molecule has 0 nitrogen and oxygen atoms in total. The summed E-state index contributed by atoms with van der Waals surface area (Å²) in [7, 11) is 0. The normalized spacial score (nSPS) is 19.4. The fraction of sp³-hybridized carbons (Fsp3) is 1.00. The van der Waals surface area contributed by atoms with Crippen LogP contribution in [0.5, 0.6) is 0 Å². The Kier molecular flexibility index (Phi) is 13.8. The molecule has 0 radical (unpaired) electrons. The van der Waals surface area contributed by atoms with E-state index in [9.17, 15) is 0 Å². The molecule has 0 saturated heterocycles. The van der Waals surface area contributed by atoms with E-state index < -0.39 is 0 Å². The number of hydrogen-bond donors (Lipinski definition) is 4. The molecular weight excluding hydrogens is 320 g/mol. The Labute approximate surface area is 149 Å². The van der Waals surface area contributed by atoms with Crippen molar-refractivity contribution in [3.05, 3.63) is 0 Å². The summed E-state index contributed by atoms with van der Waals surface area (Å²) >= 11 is 17.9. The van der Waals surface area contributed by atoms with Crippen LogP contribution in [-0.4, -0.2) is 23.0 Å². The molecule has 0 aliphatic rings. The molecule has 5 atom stereocenters.